The van der Waals surface area contributed by atoms with Crippen LogP contribution in [-0.2, 0) is 11.2 Å². The predicted molar refractivity (Wildman–Crippen MR) is 118 cm³/mol. The van der Waals surface area contributed by atoms with Gasteiger partial charge in [0.05, 0.1) is 12.5 Å². The first-order valence-electron chi connectivity index (χ1n) is 9.87. The monoisotopic (exact) mass is 428 g/mol. The molecule has 0 saturated carbocycles. The van der Waals surface area contributed by atoms with Gasteiger partial charge in [0.2, 0.25) is 5.91 Å². The van der Waals surface area contributed by atoms with E-state index in [4.69, 9.17) is 0 Å². The Bertz CT molecular complexity index is 1050. The number of fused-ring (bicyclic) bond motifs is 1. The fourth-order valence-electron chi connectivity index (χ4n) is 3.63. The molecule has 4 rings (SSSR count). The maximum atomic E-state index is 12.7. The molecule has 0 aliphatic carbocycles. The molecule has 0 spiro atoms. The molecule has 0 atom stereocenters. The summed E-state index contributed by atoms with van der Waals surface area (Å²) in [6.45, 7) is 5.62. The van der Waals surface area contributed by atoms with E-state index in [0.717, 1.165) is 18.4 Å². The number of thiophene rings is 1. The summed E-state index contributed by atoms with van der Waals surface area (Å²) in [5.41, 5.74) is 1.62. The van der Waals surface area contributed by atoms with Gasteiger partial charge in [-0.2, -0.15) is 0 Å². The molecule has 152 valence electrons. The Morgan fingerprint density at radius 1 is 1.21 bits per heavy atom. The number of benzene rings is 1. The average Bonchev–Trinajstić information content (AvgIpc) is 3.19. The summed E-state index contributed by atoms with van der Waals surface area (Å²) >= 11 is 3.22. The van der Waals surface area contributed by atoms with E-state index in [1.165, 1.54) is 20.9 Å². The predicted octanol–water partition coefficient (Wildman–Crippen LogP) is 3.76. The van der Waals surface area contributed by atoms with Crippen LogP contribution in [0.15, 0.2) is 45.4 Å². The molecular weight excluding hydrogens is 404 g/mol. The second-order valence-corrected chi connectivity index (χ2v) is 10.1. The van der Waals surface area contributed by atoms with Gasteiger partial charge in [0.1, 0.15) is 10.2 Å². The van der Waals surface area contributed by atoms with Gasteiger partial charge in [-0.3, -0.25) is 9.59 Å². The molecule has 0 unspecified atom stereocenters. The first-order chi connectivity index (χ1) is 14.0. The van der Waals surface area contributed by atoms with Gasteiger partial charge in [-0.1, -0.05) is 31.2 Å². The standard InChI is InChI=1S/C21H24N4O2S2/c1-14(2)29-17-5-3-15(4-6-17)13-19(26)24-10-7-16(8-11-24)25-21(27)20-18(22-23-25)9-12-28-20/h3-6,9,12,14,16H,7-8,10-11,13H2,1-2H3. The molecule has 1 fully saturated rings. The van der Waals surface area contributed by atoms with Gasteiger partial charge in [0.15, 0.2) is 0 Å². The van der Waals surface area contributed by atoms with Crippen molar-refractivity contribution in [3.63, 3.8) is 0 Å². The zero-order chi connectivity index (χ0) is 20.4. The molecule has 1 saturated heterocycles. The zero-order valence-corrected chi connectivity index (χ0v) is 18.2. The molecule has 0 N–H and O–H groups in total. The van der Waals surface area contributed by atoms with E-state index in [9.17, 15) is 9.59 Å². The lowest BCUT2D eigenvalue weighted by atomic mass is 10.0. The zero-order valence-electron chi connectivity index (χ0n) is 16.6. The Balaban J connectivity index is 1.35. The number of thioether (sulfide) groups is 1. The van der Waals surface area contributed by atoms with Crippen molar-refractivity contribution in [2.24, 2.45) is 0 Å². The molecule has 1 aliphatic heterocycles. The summed E-state index contributed by atoms with van der Waals surface area (Å²) < 4.78 is 2.16. The van der Waals surface area contributed by atoms with Gasteiger partial charge < -0.3 is 4.90 Å². The van der Waals surface area contributed by atoms with Crippen LogP contribution in [0.5, 0.6) is 0 Å². The van der Waals surface area contributed by atoms with E-state index >= 15 is 0 Å². The number of hydrogen-bond donors (Lipinski definition) is 0. The van der Waals surface area contributed by atoms with Crippen molar-refractivity contribution >= 4 is 39.2 Å². The van der Waals surface area contributed by atoms with Crippen LogP contribution in [0.4, 0.5) is 0 Å². The maximum absolute atomic E-state index is 12.7. The Hall–Kier alpha value is -2.19. The Morgan fingerprint density at radius 2 is 1.93 bits per heavy atom. The van der Waals surface area contributed by atoms with Crippen LogP contribution in [0, 0.1) is 0 Å². The van der Waals surface area contributed by atoms with Crippen LogP contribution >= 0.6 is 23.1 Å². The lowest BCUT2D eigenvalue weighted by molar-refractivity contribution is -0.131. The third-order valence-corrected chi connectivity index (χ3v) is 7.02. The number of carbonyl (C=O) groups is 1. The Kier molecular flexibility index (Phi) is 6.01. The molecular formula is C21H24N4O2S2. The fraction of sp³-hybridized carbons (Fsp3) is 0.429. The Labute approximate surface area is 177 Å². The normalized spacial score (nSPS) is 15.3. The summed E-state index contributed by atoms with van der Waals surface area (Å²) in [6, 6.07) is 10.1. The highest BCUT2D eigenvalue weighted by Crippen LogP contribution is 2.24. The minimum atomic E-state index is -0.0749. The number of aromatic nitrogens is 3. The average molecular weight is 429 g/mol. The number of nitrogens with zero attached hydrogens (tertiary/aromatic N) is 4. The summed E-state index contributed by atoms with van der Waals surface area (Å²) in [7, 11) is 0. The summed E-state index contributed by atoms with van der Waals surface area (Å²) in [5, 5.41) is 10.7. The number of likely N-dealkylation sites (tertiary alicyclic amines) is 1. The minimum absolute atomic E-state index is 0.00195. The maximum Gasteiger partial charge on any atom is 0.287 e. The summed E-state index contributed by atoms with van der Waals surface area (Å²) in [5.74, 6) is 0.139. The molecule has 1 aliphatic rings. The van der Waals surface area contributed by atoms with E-state index in [-0.39, 0.29) is 17.5 Å². The molecule has 0 radical (unpaired) electrons. The highest BCUT2D eigenvalue weighted by atomic mass is 32.2. The third-order valence-electron chi connectivity index (χ3n) is 5.11. The van der Waals surface area contributed by atoms with Crippen molar-refractivity contribution in [1.29, 1.82) is 0 Å². The molecule has 0 bridgehead atoms. The van der Waals surface area contributed by atoms with Crippen molar-refractivity contribution in [2.45, 2.75) is 49.3 Å². The molecule has 1 aromatic carbocycles. The SMILES string of the molecule is CC(C)Sc1ccc(CC(=O)N2CCC(n3nnc4ccsc4c3=O)CC2)cc1. The molecule has 3 heterocycles. The van der Waals surface area contributed by atoms with Crippen molar-refractivity contribution in [3.05, 3.63) is 51.6 Å². The topological polar surface area (TPSA) is 68.1 Å². The number of carbonyl (C=O) groups excluding carboxylic acids is 1. The largest absolute Gasteiger partial charge is 0.342 e. The molecule has 8 heteroatoms. The quantitative estimate of drug-likeness (QED) is 0.579. The van der Waals surface area contributed by atoms with E-state index in [1.807, 2.05) is 40.2 Å². The van der Waals surface area contributed by atoms with Crippen LogP contribution in [0.25, 0.3) is 10.2 Å². The summed E-state index contributed by atoms with van der Waals surface area (Å²) in [4.78, 5) is 28.5. The second kappa shape index (κ2) is 8.67. The highest BCUT2D eigenvalue weighted by molar-refractivity contribution is 7.99. The van der Waals surface area contributed by atoms with Gasteiger partial charge in [-0.05, 0) is 42.0 Å². The van der Waals surface area contributed by atoms with E-state index in [0.29, 0.717) is 35.0 Å². The molecule has 29 heavy (non-hydrogen) atoms. The number of amides is 1. The van der Waals surface area contributed by atoms with Gasteiger partial charge in [-0.15, -0.1) is 28.2 Å². The minimum Gasteiger partial charge on any atom is -0.342 e. The van der Waals surface area contributed by atoms with Crippen LogP contribution in [0.3, 0.4) is 0 Å². The summed E-state index contributed by atoms with van der Waals surface area (Å²) in [6.07, 6.45) is 1.86. The molecule has 6 nitrogen and oxygen atoms in total. The van der Waals surface area contributed by atoms with E-state index in [1.54, 1.807) is 0 Å². The highest BCUT2D eigenvalue weighted by Gasteiger charge is 2.26. The van der Waals surface area contributed by atoms with Crippen LogP contribution in [0.2, 0.25) is 0 Å². The van der Waals surface area contributed by atoms with E-state index in [2.05, 4.69) is 36.3 Å². The van der Waals surface area contributed by atoms with Gasteiger partial charge in [0, 0.05) is 23.2 Å². The van der Waals surface area contributed by atoms with Crippen LogP contribution < -0.4 is 5.56 Å². The van der Waals surface area contributed by atoms with Crippen molar-refractivity contribution < 1.29 is 4.79 Å². The van der Waals surface area contributed by atoms with Crippen LogP contribution in [0.1, 0.15) is 38.3 Å². The second-order valence-electron chi connectivity index (χ2n) is 7.57. The number of piperidine rings is 1. The first-order valence-corrected chi connectivity index (χ1v) is 11.6. The smallest absolute Gasteiger partial charge is 0.287 e. The third kappa shape index (κ3) is 4.53. The van der Waals surface area contributed by atoms with Crippen molar-refractivity contribution in [1.82, 2.24) is 19.9 Å². The molecule has 2 aromatic heterocycles. The number of rotatable bonds is 5. The van der Waals surface area contributed by atoms with Crippen molar-refractivity contribution in [3.8, 4) is 0 Å². The Morgan fingerprint density at radius 3 is 2.62 bits per heavy atom. The lowest BCUT2D eigenvalue weighted by Gasteiger charge is -2.32. The van der Waals surface area contributed by atoms with Gasteiger partial charge in [0.25, 0.3) is 5.56 Å². The molecule has 3 aromatic rings. The molecule has 1 amide bonds. The van der Waals surface area contributed by atoms with Crippen molar-refractivity contribution in [2.75, 3.05) is 13.1 Å². The first kappa shape index (κ1) is 20.1. The fourth-order valence-corrected chi connectivity index (χ4v) is 5.22. The van der Waals surface area contributed by atoms with Crippen LogP contribution in [-0.4, -0.2) is 44.1 Å². The van der Waals surface area contributed by atoms with Gasteiger partial charge >= 0.3 is 0 Å². The van der Waals surface area contributed by atoms with Gasteiger partial charge in [-0.25, -0.2) is 4.68 Å². The number of hydrogen-bond acceptors (Lipinski definition) is 6. The lowest BCUT2D eigenvalue weighted by Crippen LogP contribution is -2.42. The van der Waals surface area contributed by atoms with E-state index < -0.39 is 0 Å².